The van der Waals surface area contributed by atoms with Gasteiger partial charge in [-0.1, -0.05) is 30.4 Å². The van der Waals surface area contributed by atoms with E-state index in [1.807, 2.05) is 6.92 Å². The average molecular weight is 348 g/mol. The van der Waals surface area contributed by atoms with Crippen LogP contribution in [0, 0.1) is 11.8 Å². The first-order valence-electron chi connectivity index (χ1n) is 8.93. The largest absolute Gasteiger partial charge is 0.462 e. The van der Waals surface area contributed by atoms with Crippen LogP contribution in [0.25, 0.3) is 0 Å². The minimum atomic E-state index is -0.941. The molecule has 0 unspecified atom stereocenters. The van der Waals surface area contributed by atoms with E-state index < -0.39 is 11.7 Å². The number of rotatable bonds is 2. The lowest BCUT2D eigenvalue weighted by atomic mass is 9.76. The molecule has 1 saturated carbocycles. The summed E-state index contributed by atoms with van der Waals surface area (Å²) in [7, 11) is 0. The highest BCUT2D eigenvalue weighted by Crippen LogP contribution is 2.49. The molecule has 25 heavy (non-hydrogen) atoms. The van der Waals surface area contributed by atoms with Crippen LogP contribution in [0.2, 0.25) is 0 Å². The predicted molar refractivity (Wildman–Crippen MR) is 93.7 cm³/mol. The van der Waals surface area contributed by atoms with E-state index in [1.54, 1.807) is 32.1 Å². The first-order chi connectivity index (χ1) is 11.6. The number of aliphatic hydroxyl groups excluding tert-OH is 1. The molecule has 2 aliphatic heterocycles. The Morgan fingerprint density at radius 1 is 1.36 bits per heavy atom. The Morgan fingerprint density at radius 2 is 2.08 bits per heavy atom. The Balaban J connectivity index is 1.88. The molecule has 2 N–H and O–H groups in total. The van der Waals surface area contributed by atoms with Crippen molar-refractivity contribution in [1.82, 2.24) is 0 Å². The molecule has 138 valence electrons. The van der Waals surface area contributed by atoms with E-state index in [9.17, 15) is 15.0 Å². The summed E-state index contributed by atoms with van der Waals surface area (Å²) in [5.41, 5.74) is 0.255. The van der Waals surface area contributed by atoms with Crippen molar-refractivity contribution in [3.8, 4) is 0 Å². The fourth-order valence-corrected chi connectivity index (χ4v) is 3.98. The zero-order chi connectivity index (χ0) is 18.4. The molecule has 0 aromatic heterocycles. The number of fused-ring (bicyclic) bond motifs is 2. The van der Waals surface area contributed by atoms with Crippen molar-refractivity contribution in [3.05, 3.63) is 36.0 Å². The third-order valence-electron chi connectivity index (χ3n) is 5.53. The number of aliphatic hydroxyl groups is 2. The smallest absolute Gasteiger partial charge is 0.334 e. The van der Waals surface area contributed by atoms with Gasteiger partial charge in [-0.25, -0.2) is 4.79 Å². The van der Waals surface area contributed by atoms with Crippen LogP contribution < -0.4 is 0 Å². The fraction of sp³-hybridized carbons (Fsp3) is 0.650. The molecule has 5 heteroatoms. The zero-order valence-electron chi connectivity index (χ0n) is 15.2. The number of cyclic esters (lactones) is 1. The van der Waals surface area contributed by atoms with Gasteiger partial charge in [-0.05, 0) is 40.0 Å². The number of hydrogen-bond acceptors (Lipinski definition) is 5. The van der Waals surface area contributed by atoms with Crippen LogP contribution in [0.5, 0.6) is 0 Å². The van der Waals surface area contributed by atoms with Crippen molar-refractivity contribution in [2.75, 3.05) is 6.61 Å². The van der Waals surface area contributed by atoms with Gasteiger partial charge in [-0.15, -0.1) is 0 Å². The maximum atomic E-state index is 12.3. The van der Waals surface area contributed by atoms with Crippen molar-refractivity contribution in [2.45, 2.75) is 63.4 Å². The van der Waals surface area contributed by atoms with Crippen LogP contribution in [0.1, 0.15) is 40.0 Å². The van der Waals surface area contributed by atoms with Crippen LogP contribution in [-0.4, -0.2) is 46.2 Å². The van der Waals surface area contributed by atoms with E-state index in [4.69, 9.17) is 9.47 Å². The minimum absolute atomic E-state index is 0.00724. The van der Waals surface area contributed by atoms with Gasteiger partial charge in [0.25, 0.3) is 0 Å². The summed E-state index contributed by atoms with van der Waals surface area (Å²) >= 11 is 0. The fourth-order valence-electron chi connectivity index (χ4n) is 3.98. The Kier molecular flexibility index (Phi) is 4.69. The Hall–Kier alpha value is -1.43. The molecule has 0 aromatic rings. The van der Waals surface area contributed by atoms with Gasteiger partial charge in [0.15, 0.2) is 0 Å². The first kappa shape index (κ1) is 18.4. The van der Waals surface area contributed by atoms with Gasteiger partial charge < -0.3 is 19.7 Å². The molecule has 0 spiro atoms. The second-order valence-corrected chi connectivity index (χ2v) is 8.27. The molecule has 1 aliphatic carbocycles. The Bertz CT molecular complexity index is 626. The van der Waals surface area contributed by atoms with E-state index in [0.717, 1.165) is 18.4 Å². The van der Waals surface area contributed by atoms with Crippen LogP contribution in [0.3, 0.4) is 0 Å². The maximum absolute atomic E-state index is 12.3. The monoisotopic (exact) mass is 348 g/mol. The summed E-state index contributed by atoms with van der Waals surface area (Å²) in [5.74, 6) is -0.310. The van der Waals surface area contributed by atoms with Gasteiger partial charge in [0.1, 0.15) is 6.10 Å². The standard InChI is InChI=1S/C20H28O5/c1-12-10-16(21)17-20(4,25-17)9-7-13-14(6-5-8-19(2,3)23)18(22)24-11-15(12)13/h5-6,8,13,15-17,21,23H,1,7,9-11H2,2-4H3/b8-5+,14-6-/t13-,15+,16+,17+,20-/m1/s1. The molecular weight excluding hydrogens is 320 g/mol. The number of epoxide rings is 1. The first-order valence-corrected chi connectivity index (χ1v) is 8.93. The summed E-state index contributed by atoms with van der Waals surface area (Å²) in [4.78, 5) is 12.3. The molecule has 0 radical (unpaired) electrons. The molecule has 3 fully saturated rings. The van der Waals surface area contributed by atoms with E-state index in [1.165, 1.54) is 0 Å². The Morgan fingerprint density at radius 3 is 2.76 bits per heavy atom. The molecule has 2 saturated heterocycles. The number of carbonyl (C=O) groups excluding carboxylic acids is 1. The zero-order valence-corrected chi connectivity index (χ0v) is 15.2. The highest BCUT2D eigenvalue weighted by molar-refractivity contribution is 5.90. The van der Waals surface area contributed by atoms with Crippen molar-refractivity contribution in [3.63, 3.8) is 0 Å². The molecular formula is C20H28O5. The summed E-state index contributed by atoms with van der Waals surface area (Å²) in [6, 6.07) is 0. The molecule has 3 rings (SSSR count). The van der Waals surface area contributed by atoms with Gasteiger partial charge in [-0.3, -0.25) is 0 Å². The van der Waals surface area contributed by atoms with E-state index >= 15 is 0 Å². The van der Waals surface area contributed by atoms with Crippen LogP contribution >= 0.6 is 0 Å². The highest BCUT2D eigenvalue weighted by atomic mass is 16.6. The summed E-state index contributed by atoms with van der Waals surface area (Å²) in [6.45, 7) is 9.84. The van der Waals surface area contributed by atoms with Crippen molar-refractivity contribution >= 4 is 5.97 Å². The Labute approximate surface area is 149 Å². The lowest BCUT2D eigenvalue weighted by Gasteiger charge is -2.34. The van der Waals surface area contributed by atoms with Gasteiger partial charge in [0, 0.05) is 17.4 Å². The molecule has 5 atom stereocenters. The van der Waals surface area contributed by atoms with Gasteiger partial charge in [0.2, 0.25) is 0 Å². The summed E-state index contributed by atoms with van der Waals surface area (Å²) < 4.78 is 11.1. The van der Waals surface area contributed by atoms with Crippen LogP contribution in [-0.2, 0) is 14.3 Å². The summed E-state index contributed by atoms with van der Waals surface area (Å²) in [5, 5.41) is 20.2. The quantitative estimate of drug-likeness (QED) is 0.346. The molecule has 3 aliphatic rings. The molecule has 5 nitrogen and oxygen atoms in total. The normalized spacial score (nSPS) is 40.8. The van der Waals surface area contributed by atoms with Gasteiger partial charge in [-0.2, -0.15) is 0 Å². The van der Waals surface area contributed by atoms with Gasteiger partial charge in [0.05, 0.1) is 23.9 Å². The number of hydrogen-bond donors (Lipinski definition) is 2. The third-order valence-corrected chi connectivity index (χ3v) is 5.53. The van der Waals surface area contributed by atoms with Crippen molar-refractivity contribution in [2.24, 2.45) is 11.8 Å². The minimum Gasteiger partial charge on any atom is -0.462 e. The number of ether oxygens (including phenoxy) is 2. The third kappa shape index (κ3) is 3.89. The number of carbonyl (C=O) groups is 1. The molecule has 0 amide bonds. The second kappa shape index (κ2) is 6.38. The SMILES string of the molecule is C=C1C[C@H](O)[C@@H]2O[C@]2(C)CC[C@@H]2/C(=C/C=C/C(C)(C)O)C(=O)OC[C@@H]12. The van der Waals surface area contributed by atoms with Crippen molar-refractivity contribution < 1.29 is 24.5 Å². The number of esters is 1. The summed E-state index contributed by atoms with van der Waals surface area (Å²) in [6.07, 6.45) is 6.41. The van der Waals surface area contributed by atoms with Gasteiger partial charge >= 0.3 is 5.97 Å². The lowest BCUT2D eigenvalue weighted by Crippen LogP contribution is -2.35. The molecule has 0 aromatic carbocycles. The lowest BCUT2D eigenvalue weighted by molar-refractivity contribution is -0.144. The van der Waals surface area contributed by atoms with E-state index in [2.05, 4.69) is 6.58 Å². The van der Waals surface area contributed by atoms with Crippen LogP contribution in [0.15, 0.2) is 36.0 Å². The maximum Gasteiger partial charge on any atom is 0.334 e. The average Bonchev–Trinajstić information content (AvgIpc) is 3.17. The molecule has 0 bridgehead atoms. The predicted octanol–water partition coefficient (Wildman–Crippen LogP) is 2.29. The van der Waals surface area contributed by atoms with Crippen molar-refractivity contribution in [1.29, 1.82) is 0 Å². The highest BCUT2D eigenvalue weighted by Gasteiger charge is 2.57. The van der Waals surface area contributed by atoms with E-state index in [0.29, 0.717) is 18.6 Å². The molecule has 2 heterocycles. The number of allylic oxidation sites excluding steroid dienone is 2. The topological polar surface area (TPSA) is 79.3 Å². The second-order valence-electron chi connectivity index (χ2n) is 8.27. The van der Waals surface area contributed by atoms with Crippen LogP contribution in [0.4, 0.5) is 0 Å². The van der Waals surface area contributed by atoms with E-state index in [-0.39, 0.29) is 29.5 Å².